The zero-order valence-corrected chi connectivity index (χ0v) is 15.3. The van der Waals surface area contributed by atoms with E-state index >= 15 is 0 Å². The van der Waals surface area contributed by atoms with E-state index in [0.29, 0.717) is 11.3 Å². The first-order chi connectivity index (χ1) is 12.2. The SMILES string of the molecule is N#Cc1ccc(CSCc2nc3sc4c(c3c(=O)[nH]2)CCCC4)cc1. The van der Waals surface area contributed by atoms with Crippen molar-refractivity contribution in [1.82, 2.24) is 9.97 Å². The number of aromatic amines is 1. The van der Waals surface area contributed by atoms with Crippen molar-refractivity contribution >= 4 is 33.3 Å². The van der Waals surface area contributed by atoms with Crippen LogP contribution in [0.15, 0.2) is 29.1 Å². The Morgan fingerprint density at radius 2 is 2.00 bits per heavy atom. The molecule has 0 bridgehead atoms. The third kappa shape index (κ3) is 3.35. The Hall–Kier alpha value is -2.10. The van der Waals surface area contributed by atoms with E-state index in [9.17, 15) is 4.79 Å². The molecule has 1 aliphatic carbocycles. The summed E-state index contributed by atoms with van der Waals surface area (Å²) in [5.41, 5.74) is 3.08. The van der Waals surface area contributed by atoms with Crippen LogP contribution in [-0.2, 0) is 24.3 Å². The third-order valence-electron chi connectivity index (χ3n) is 4.46. The molecular weight excluding hydrogens is 350 g/mol. The van der Waals surface area contributed by atoms with Crippen molar-refractivity contribution in [2.24, 2.45) is 0 Å². The number of nitrogens with zero attached hydrogens (tertiary/aromatic N) is 2. The average molecular weight is 367 g/mol. The molecule has 3 aromatic rings. The average Bonchev–Trinajstić information content (AvgIpc) is 3.01. The van der Waals surface area contributed by atoms with Crippen LogP contribution in [0.5, 0.6) is 0 Å². The molecule has 25 heavy (non-hydrogen) atoms. The van der Waals surface area contributed by atoms with E-state index in [1.165, 1.54) is 28.8 Å². The molecule has 0 amide bonds. The Bertz CT molecular complexity index is 1010. The second-order valence-electron chi connectivity index (χ2n) is 6.21. The molecule has 1 aliphatic rings. The third-order valence-corrected chi connectivity index (χ3v) is 6.67. The van der Waals surface area contributed by atoms with Gasteiger partial charge in [-0.15, -0.1) is 23.1 Å². The minimum Gasteiger partial charge on any atom is -0.309 e. The van der Waals surface area contributed by atoms with Crippen molar-refractivity contribution in [1.29, 1.82) is 5.26 Å². The fourth-order valence-corrected chi connectivity index (χ4v) is 5.36. The van der Waals surface area contributed by atoms with Gasteiger partial charge in [-0.1, -0.05) is 12.1 Å². The lowest BCUT2D eigenvalue weighted by atomic mass is 9.97. The Morgan fingerprint density at radius 3 is 2.80 bits per heavy atom. The summed E-state index contributed by atoms with van der Waals surface area (Å²) in [6.07, 6.45) is 4.47. The maximum atomic E-state index is 12.5. The van der Waals surface area contributed by atoms with E-state index in [1.807, 2.05) is 24.3 Å². The smallest absolute Gasteiger partial charge is 0.259 e. The first-order valence-corrected chi connectivity index (χ1v) is 10.3. The van der Waals surface area contributed by atoms with Crippen LogP contribution in [0.2, 0.25) is 0 Å². The second-order valence-corrected chi connectivity index (χ2v) is 8.27. The molecule has 1 N–H and O–H groups in total. The number of hydrogen-bond donors (Lipinski definition) is 1. The van der Waals surface area contributed by atoms with Gasteiger partial charge in [-0.05, 0) is 48.9 Å². The number of thiophene rings is 1. The van der Waals surface area contributed by atoms with Crippen molar-refractivity contribution in [3.63, 3.8) is 0 Å². The van der Waals surface area contributed by atoms with Crippen molar-refractivity contribution < 1.29 is 0 Å². The molecule has 6 heteroatoms. The highest BCUT2D eigenvalue weighted by Crippen LogP contribution is 2.33. The highest BCUT2D eigenvalue weighted by molar-refractivity contribution is 7.97. The summed E-state index contributed by atoms with van der Waals surface area (Å²) in [5.74, 6) is 2.25. The lowest BCUT2D eigenvalue weighted by molar-refractivity contribution is 0.700. The van der Waals surface area contributed by atoms with Crippen molar-refractivity contribution in [2.75, 3.05) is 0 Å². The van der Waals surface area contributed by atoms with Gasteiger partial charge in [-0.2, -0.15) is 5.26 Å². The minimum absolute atomic E-state index is 0.0124. The van der Waals surface area contributed by atoms with Gasteiger partial charge in [-0.3, -0.25) is 4.79 Å². The Balaban J connectivity index is 1.50. The largest absolute Gasteiger partial charge is 0.309 e. The molecule has 2 aromatic heterocycles. The number of nitrogens with one attached hydrogen (secondary N) is 1. The monoisotopic (exact) mass is 367 g/mol. The molecule has 0 saturated heterocycles. The van der Waals surface area contributed by atoms with Gasteiger partial charge in [0, 0.05) is 10.6 Å². The molecule has 2 heterocycles. The van der Waals surface area contributed by atoms with E-state index in [0.717, 1.165) is 34.6 Å². The van der Waals surface area contributed by atoms with E-state index in [1.54, 1.807) is 23.1 Å². The molecule has 1 aromatic carbocycles. The number of hydrogen-bond acceptors (Lipinski definition) is 5. The molecule has 4 nitrogen and oxygen atoms in total. The van der Waals surface area contributed by atoms with E-state index in [-0.39, 0.29) is 5.56 Å². The van der Waals surface area contributed by atoms with Gasteiger partial charge >= 0.3 is 0 Å². The number of rotatable bonds is 4. The maximum absolute atomic E-state index is 12.5. The molecule has 0 atom stereocenters. The summed E-state index contributed by atoms with van der Waals surface area (Å²) in [5, 5.41) is 9.65. The Labute approximate surface area is 153 Å². The van der Waals surface area contributed by atoms with Gasteiger partial charge < -0.3 is 4.98 Å². The summed E-state index contributed by atoms with van der Waals surface area (Å²) >= 11 is 3.41. The van der Waals surface area contributed by atoms with Gasteiger partial charge in [0.15, 0.2) is 0 Å². The first kappa shape index (κ1) is 16.4. The van der Waals surface area contributed by atoms with Crippen molar-refractivity contribution in [3.8, 4) is 6.07 Å². The lowest BCUT2D eigenvalue weighted by Crippen LogP contribution is -2.12. The summed E-state index contributed by atoms with van der Waals surface area (Å²) < 4.78 is 0. The fourth-order valence-electron chi connectivity index (χ4n) is 3.22. The first-order valence-electron chi connectivity index (χ1n) is 8.35. The summed E-state index contributed by atoms with van der Waals surface area (Å²) in [6.45, 7) is 0. The normalized spacial score (nSPS) is 13.6. The molecular formula is C19H17N3OS2. The van der Waals surface area contributed by atoms with Crippen molar-refractivity contribution in [2.45, 2.75) is 37.2 Å². The second kappa shape index (κ2) is 7.03. The van der Waals surface area contributed by atoms with Crippen LogP contribution in [0.4, 0.5) is 0 Å². The van der Waals surface area contributed by atoms with Crippen LogP contribution in [0, 0.1) is 11.3 Å². The number of benzene rings is 1. The predicted molar refractivity (Wildman–Crippen MR) is 103 cm³/mol. The van der Waals surface area contributed by atoms with Gasteiger partial charge in [0.25, 0.3) is 5.56 Å². The number of aryl methyl sites for hydroxylation is 2. The highest BCUT2D eigenvalue weighted by atomic mass is 32.2. The van der Waals surface area contributed by atoms with E-state index in [4.69, 9.17) is 10.2 Å². The molecule has 0 aliphatic heterocycles. The molecule has 0 unspecified atom stereocenters. The maximum Gasteiger partial charge on any atom is 0.259 e. The van der Waals surface area contributed by atoms with Gasteiger partial charge in [0.1, 0.15) is 10.7 Å². The van der Waals surface area contributed by atoms with E-state index < -0.39 is 0 Å². The van der Waals surface area contributed by atoms with Crippen molar-refractivity contribution in [3.05, 3.63) is 62.0 Å². The van der Waals surface area contributed by atoms with Crippen LogP contribution in [0.3, 0.4) is 0 Å². The number of fused-ring (bicyclic) bond motifs is 3. The quantitative estimate of drug-likeness (QED) is 0.751. The van der Waals surface area contributed by atoms with Crippen LogP contribution < -0.4 is 5.56 Å². The molecule has 0 fully saturated rings. The molecule has 0 spiro atoms. The lowest BCUT2D eigenvalue weighted by Gasteiger charge is -2.09. The number of thioether (sulfide) groups is 1. The fraction of sp³-hybridized carbons (Fsp3) is 0.316. The van der Waals surface area contributed by atoms with E-state index in [2.05, 4.69) is 11.1 Å². The zero-order chi connectivity index (χ0) is 17.2. The Morgan fingerprint density at radius 1 is 1.20 bits per heavy atom. The highest BCUT2D eigenvalue weighted by Gasteiger charge is 2.19. The predicted octanol–water partition coefficient (Wildman–Crippen LogP) is 4.17. The van der Waals surface area contributed by atoms with Gasteiger partial charge in [0.2, 0.25) is 0 Å². The Kier molecular flexibility index (Phi) is 4.60. The minimum atomic E-state index is 0.0124. The summed E-state index contributed by atoms with van der Waals surface area (Å²) in [7, 11) is 0. The number of nitriles is 1. The summed E-state index contributed by atoms with van der Waals surface area (Å²) in [6, 6.07) is 9.73. The van der Waals surface area contributed by atoms with Gasteiger partial charge in [0.05, 0.1) is 22.8 Å². The summed E-state index contributed by atoms with van der Waals surface area (Å²) in [4.78, 5) is 22.4. The molecule has 0 radical (unpaired) electrons. The van der Waals surface area contributed by atoms with Crippen LogP contribution in [0.1, 0.15) is 40.2 Å². The van der Waals surface area contributed by atoms with Crippen LogP contribution in [-0.4, -0.2) is 9.97 Å². The molecule has 126 valence electrons. The standard InChI is InChI=1S/C19H17N3OS2/c20-9-12-5-7-13(8-6-12)10-24-11-16-21-18(23)17-14-3-1-2-4-15(14)25-19(17)22-16/h5-8H,1-4,10-11H2,(H,21,22,23). The topological polar surface area (TPSA) is 69.5 Å². The molecule has 4 rings (SSSR count). The number of H-pyrrole nitrogens is 1. The van der Waals surface area contributed by atoms with Gasteiger partial charge in [-0.25, -0.2) is 4.98 Å². The molecule has 0 saturated carbocycles. The zero-order valence-electron chi connectivity index (χ0n) is 13.7. The number of aromatic nitrogens is 2. The van der Waals surface area contributed by atoms with Crippen LogP contribution >= 0.6 is 23.1 Å². The van der Waals surface area contributed by atoms with Crippen LogP contribution in [0.25, 0.3) is 10.2 Å².